The average molecular weight is 426 g/mol. The van der Waals surface area contributed by atoms with Crippen molar-refractivity contribution in [3.8, 4) is 17.2 Å². The number of para-hydroxylation sites is 1. The van der Waals surface area contributed by atoms with Gasteiger partial charge in [-0.05, 0) is 44.1 Å². The van der Waals surface area contributed by atoms with Crippen LogP contribution in [0.2, 0.25) is 0 Å². The highest BCUT2D eigenvalue weighted by atomic mass is 16.5. The summed E-state index contributed by atoms with van der Waals surface area (Å²) in [6.45, 7) is 7.65. The third-order valence-corrected chi connectivity index (χ3v) is 6.69. The van der Waals surface area contributed by atoms with E-state index < -0.39 is 0 Å². The van der Waals surface area contributed by atoms with Crippen LogP contribution in [0.25, 0.3) is 0 Å². The SMILES string of the molecule is COc1ccc(CN2CCC(N3CCN(c4ccccc4)CC3)CC2)c(OC)c1OC. The zero-order valence-electron chi connectivity index (χ0n) is 19.0. The Morgan fingerprint density at radius 3 is 2.03 bits per heavy atom. The highest BCUT2D eigenvalue weighted by Crippen LogP contribution is 2.40. The van der Waals surface area contributed by atoms with Crippen molar-refractivity contribution in [1.29, 1.82) is 0 Å². The number of piperazine rings is 1. The first-order chi connectivity index (χ1) is 15.2. The van der Waals surface area contributed by atoms with E-state index in [1.54, 1.807) is 21.3 Å². The Bertz CT molecular complexity index is 829. The van der Waals surface area contributed by atoms with Crippen LogP contribution in [-0.4, -0.2) is 76.4 Å². The Morgan fingerprint density at radius 2 is 1.42 bits per heavy atom. The highest BCUT2D eigenvalue weighted by molar-refractivity contribution is 5.55. The molecular formula is C25H35N3O3. The number of hydrogen-bond acceptors (Lipinski definition) is 6. The number of piperidine rings is 1. The van der Waals surface area contributed by atoms with Gasteiger partial charge >= 0.3 is 0 Å². The van der Waals surface area contributed by atoms with E-state index in [4.69, 9.17) is 14.2 Å². The summed E-state index contributed by atoms with van der Waals surface area (Å²) in [5.74, 6) is 2.16. The molecular weight excluding hydrogens is 390 g/mol. The lowest BCUT2D eigenvalue weighted by molar-refractivity contribution is 0.0993. The van der Waals surface area contributed by atoms with E-state index in [0.29, 0.717) is 17.5 Å². The Morgan fingerprint density at radius 1 is 0.742 bits per heavy atom. The van der Waals surface area contributed by atoms with Gasteiger partial charge in [0.2, 0.25) is 5.75 Å². The molecule has 2 fully saturated rings. The zero-order valence-corrected chi connectivity index (χ0v) is 19.0. The molecule has 168 valence electrons. The van der Waals surface area contributed by atoms with Crippen LogP contribution < -0.4 is 19.1 Å². The molecule has 0 bridgehead atoms. The van der Waals surface area contributed by atoms with Gasteiger partial charge in [0, 0.05) is 50.0 Å². The number of nitrogens with zero attached hydrogens (tertiary/aromatic N) is 3. The standard InChI is InChI=1S/C25H35N3O3/c1-29-23-10-9-20(24(30-2)25(23)31-3)19-26-13-11-22(12-14-26)28-17-15-27(16-18-28)21-7-5-4-6-8-21/h4-10,22H,11-19H2,1-3H3. The van der Waals surface area contributed by atoms with E-state index in [0.717, 1.165) is 57.1 Å². The number of likely N-dealkylation sites (tertiary alicyclic amines) is 1. The van der Waals surface area contributed by atoms with Crippen molar-refractivity contribution in [1.82, 2.24) is 9.80 Å². The van der Waals surface area contributed by atoms with Gasteiger partial charge in [-0.3, -0.25) is 9.80 Å². The van der Waals surface area contributed by atoms with Crippen molar-refractivity contribution < 1.29 is 14.2 Å². The molecule has 0 N–H and O–H groups in total. The van der Waals surface area contributed by atoms with Crippen LogP contribution in [0.1, 0.15) is 18.4 Å². The Labute approximate surface area is 186 Å². The highest BCUT2D eigenvalue weighted by Gasteiger charge is 2.28. The predicted octanol–water partition coefficient (Wildman–Crippen LogP) is 3.50. The summed E-state index contributed by atoms with van der Waals surface area (Å²) >= 11 is 0. The second-order valence-electron chi connectivity index (χ2n) is 8.36. The van der Waals surface area contributed by atoms with Crippen molar-refractivity contribution in [2.75, 3.05) is 65.5 Å². The van der Waals surface area contributed by atoms with E-state index in [1.807, 2.05) is 6.07 Å². The third kappa shape index (κ3) is 4.91. The summed E-state index contributed by atoms with van der Waals surface area (Å²) in [5, 5.41) is 0. The fraction of sp³-hybridized carbons (Fsp3) is 0.520. The second kappa shape index (κ2) is 10.2. The van der Waals surface area contributed by atoms with Gasteiger partial charge in [-0.2, -0.15) is 0 Å². The average Bonchev–Trinajstić information content (AvgIpc) is 2.84. The molecule has 0 spiro atoms. The van der Waals surface area contributed by atoms with E-state index in [2.05, 4.69) is 51.1 Å². The van der Waals surface area contributed by atoms with Crippen LogP contribution in [0.3, 0.4) is 0 Å². The molecule has 2 heterocycles. The molecule has 0 amide bonds. The number of rotatable bonds is 7. The molecule has 0 aliphatic carbocycles. The minimum atomic E-state index is 0.675. The summed E-state index contributed by atoms with van der Waals surface area (Å²) in [7, 11) is 5.01. The Balaban J connectivity index is 1.30. The molecule has 2 aromatic carbocycles. The number of hydrogen-bond donors (Lipinski definition) is 0. The molecule has 0 aromatic heterocycles. The molecule has 2 saturated heterocycles. The van der Waals surface area contributed by atoms with Crippen molar-refractivity contribution in [2.24, 2.45) is 0 Å². The quantitative estimate of drug-likeness (QED) is 0.676. The molecule has 0 saturated carbocycles. The largest absolute Gasteiger partial charge is 0.493 e. The van der Waals surface area contributed by atoms with Crippen LogP contribution >= 0.6 is 0 Å². The molecule has 0 unspecified atom stereocenters. The number of anilines is 1. The minimum Gasteiger partial charge on any atom is -0.493 e. The van der Waals surface area contributed by atoms with Gasteiger partial charge < -0.3 is 19.1 Å². The van der Waals surface area contributed by atoms with Crippen molar-refractivity contribution in [3.05, 3.63) is 48.0 Å². The Kier molecular flexibility index (Phi) is 7.20. The van der Waals surface area contributed by atoms with E-state index in [1.165, 1.54) is 18.5 Å². The lowest BCUT2D eigenvalue weighted by atomic mass is 10.0. The van der Waals surface area contributed by atoms with Crippen LogP contribution in [0.4, 0.5) is 5.69 Å². The molecule has 0 atom stereocenters. The Hall–Kier alpha value is -2.44. The summed E-state index contributed by atoms with van der Waals surface area (Å²) in [4.78, 5) is 7.74. The maximum atomic E-state index is 5.67. The van der Waals surface area contributed by atoms with Crippen LogP contribution in [-0.2, 0) is 6.54 Å². The van der Waals surface area contributed by atoms with Crippen molar-refractivity contribution >= 4 is 5.69 Å². The summed E-state index contributed by atoms with van der Waals surface area (Å²) in [5.41, 5.74) is 2.50. The second-order valence-corrected chi connectivity index (χ2v) is 8.36. The fourth-order valence-corrected chi connectivity index (χ4v) is 4.96. The smallest absolute Gasteiger partial charge is 0.203 e. The van der Waals surface area contributed by atoms with Gasteiger partial charge in [-0.1, -0.05) is 24.3 Å². The van der Waals surface area contributed by atoms with Gasteiger partial charge in [0.25, 0.3) is 0 Å². The molecule has 2 aliphatic heterocycles. The lowest BCUT2D eigenvalue weighted by Crippen LogP contribution is -2.53. The zero-order chi connectivity index (χ0) is 21.6. The number of benzene rings is 2. The van der Waals surface area contributed by atoms with Crippen LogP contribution in [0.15, 0.2) is 42.5 Å². The first kappa shape index (κ1) is 21.8. The first-order valence-corrected chi connectivity index (χ1v) is 11.3. The molecule has 31 heavy (non-hydrogen) atoms. The topological polar surface area (TPSA) is 37.4 Å². The van der Waals surface area contributed by atoms with E-state index in [-0.39, 0.29) is 0 Å². The van der Waals surface area contributed by atoms with Crippen LogP contribution in [0.5, 0.6) is 17.2 Å². The maximum Gasteiger partial charge on any atom is 0.203 e. The number of methoxy groups -OCH3 is 3. The summed E-state index contributed by atoms with van der Waals surface area (Å²) < 4.78 is 16.6. The molecule has 0 radical (unpaired) electrons. The van der Waals surface area contributed by atoms with Gasteiger partial charge in [0.15, 0.2) is 11.5 Å². The summed E-state index contributed by atoms with van der Waals surface area (Å²) in [6.07, 6.45) is 2.45. The van der Waals surface area contributed by atoms with Gasteiger partial charge in [-0.15, -0.1) is 0 Å². The third-order valence-electron chi connectivity index (χ3n) is 6.69. The molecule has 2 aliphatic rings. The molecule has 2 aromatic rings. The molecule has 6 nitrogen and oxygen atoms in total. The van der Waals surface area contributed by atoms with Gasteiger partial charge in [0.05, 0.1) is 21.3 Å². The minimum absolute atomic E-state index is 0.675. The predicted molar refractivity (Wildman–Crippen MR) is 125 cm³/mol. The molecule has 6 heteroatoms. The van der Waals surface area contributed by atoms with Crippen LogP contribution in [0, 0.1) is 0 Å². The monoisotopic (exact) mass is 425 g/mol. The van der Waals surface area contributed by atoms with Gasteiger partial charge in [-0.25, -0.2) is 0 Å². The normalized spacial score (nSPS) is 18.7. The molecule has 4 rings (SSSR count). The van der Waals surface area contributed by atoms with Crippen molar-refractivity contribution in [3.63, 3.8) is 0 Å². The summed E-state index contributed by atoms with van der Waals surface area (Å²) in [6, 6.07) is 15.5. The van der Waals surface area contributed by atoms with E-state index >= 15 is 0 Å². The lowest BCUT2D eigenvalue weighted by Gasteiger charge is -2.43. The van der Waals surface area contributed by atoms with Gasteiger partial charge in [0.1, 0.15) is 0 Å². The van der Waals surface area contributed by atoms with Crippen molar-refractivity contribution in [2.45, 2.75) is 25.4 Å². The fourth-order valence-electron chi connectivity index (χ4n) is 4.96. The first-order valence-electron chi connectivity index (χ1n) is 11.3. The number of ether oxygens (including phenoxy) is 3. The van der Waals surface area contributed by atoms with E-state index in [9.17, 15) is 0 Å². The maximum absolute atomic E-state index is 5.67.